The minimum absolute atomic E-state index is 0.302. The van der Waals surface area contributed by atoms with E-state index in [1.54, 1.807) is 29.8 Å². The van der Waals surface area contributed by atoms with Gasteiger partial charge in [-0.1, -0.05) is 0 Å². The van der Waals surface area contributed by atoms with Crippen molar-refractivity contribution in [3.05, 3.63) is 40.9 Å². The molecule has 0 radical (unpaired) electrons. The minimum atomic E-state index is -0.624. The summed E-state index contributed by atoms with van der Waals surface area (Å²) in [5, 5.41) is 13.6. The molecule has 1 saturated heterocycles. The summed E-state index contributed by atoms with van der Waals surface area (Å²) in [6, 6.07) is 6.85. The van der Waals surface area contributed by atoms with Gasteiger partial charge in [-0.2, -0.15) is 5.26 Å². The zero-order valence-electron chi connectivity index (χ0n) is 13.8. The van der Waals surface area contributed by atoms with E-state index in [-0.39, 0.29) is 0 Å². The zero-order valence-corrected chi connectivity index (χ0v) is 14.6. The number of thiophene rings is 1. The van der Waals surface area contributed by atoms with Gasteiger partial charge in [0.15, 0.2) is 6.61 Å². The van der Waals surface area contributed by atoms with Gasteiger partial charge in [0.05, 0.1) is 18.8 Å². The van der Waals surface area contributed by atoms with Crippen LogP contribution >= 0.6 is 11.3 Å². The number of esters is 1. The predicted octanol–water partition coefficient (Wildman–Crippen LogP) is 1.65. The van der Waals surface area contributed by atoms with Gasteiger partial charge < -0.3 is 19.7 Å². The zero-order chi connectivity index (χ0) is 18.4. The highest BCUT2D eigenvalue weighted by Gasteiger charge is 2.21. The van der Waals surface area contributed by atoms with Gasteiger partial charge >= 0.3 is 5.97 Å². The SMILES string of the molecule is N#Cc1ccsc1NC(=O)COC(=O)c1cccnc1N1CCOCC1. The van der Waals surface area contributed by atoms with Crippen LogP contribution in [0.15, 0.2) is 29.8 Å². The number of pyridine rings is 1. The van der Waals surface area contributed by atoms with Gasteiger partial charge in [-0.15, -0.1) is 11.3 Å². The van der Waals surface area contributed by atoms with E-state index < -0.39 is 18.5 Å². The number of nitriles is 1. The molecule has 134 valence electrons. The van der Waals surface area contributed by atoms with Crippen LogP contribution in [-0.4, -0.2) is 49.8 Å². The first kappa shape index (κ1) is 17.8. The van der Waals surface area contributed by atoms with Crippen LogP contribution in [0.3, 0.4) is 0 Å². The van der Waals surface area contributed by atoms with E-state index in [0.29, 0.717) is 48.2 Å². The predicted molar refractivity (Wildman–Crippen MR) is 95.2 cm³/mol. The lowest BCUT2D eigenvalue weighted by molar-refractivity contribution is -0.119. The van der Waals surface area contributed by atoms with Crippen LogP contribution < -0.4 is 10.2 Å². The molecule has 0 bridgehead atoms. The van der Waals surface area contributed by atoms with Crippen LogP contribution in [0.25, 0.3) is 0 Å². The van der Waals surface area contributed by atoms with Crippen molar-refractivity contribution in [3.8, 4) is 6.07 Å². The molecule has 1 N–H and O–H groups in total. The third-order valence-corrected chi connectivity index (χ3v) is 4.52. The Kier molecular flexibility index (Phi) is 5.78. The first-order valence-electron chi connectivity index (χ1n) is 7.91. The molecule has 0 aliphatic carbocycles. The van der Waals surface area contributed by atoms with E-state index in [0.717, 1.165) is 0 Å². The summed E-state index contributed by atoms with van der Waals surface area (Å²) in [5.74, 6) is -0.609. The fraction of sp³-hybridized carbons (Fsp3) is 0.294. The molecular formula is C17H16N4O4S. The van der Waals surface area contributed by atoms with Crippen LogP contribution in [0, 0.1) is 11.3 Å². The van der Waals surface area contributed by atoms with E-state index in [4.69, 9.17) is 14.7 Å². The standard InChI is InChI=1S/C17H16N4O4S/c18-10-12-3-9-26-16(12)20-14(22)11-25-17(23)13-2-1-4-19-15(13)21-5-7-24-8-6-21/h1-4,9H,5-8,11H2,(H,20,22). The van der Waals surface area contributed by atoms with Crippen molar-refractivity contribution in [2.45, 2.75) is 0 Å². The number of morpholine rings is 1. The van der Waals surface area contributed by atoms with Gasteiger partial charge in [-0.3, -0.25) is 4.79 Å². The molecule has 3 rings (SSSR count). The average Bonchev–Trinajstić information content (AvgIpc) is 3.14. The fourth-order valence-electron chi connectivity index (χ4n) is 2.45. The maximum Gasteiger partial charge on any atom is 0.342 e. The van der Waals surface area contributed by atoms with Crippen LogP contribution in [-0.2, 0) is 14.3 Å². The molecule has 8 nitrogen and oxygen atoms in total. The number of anilines is 2. The highest BCUT2D eigenvalue weighted by molar-refractivity contribution is 7.14. The van der Waals surface area contributed by atoms with Crippen molar-refractivity contribution in [2.24, 2.45) is 0 Å². The molecule has 1 aliphatic rings. The quantitative estimate of drug-likeness (QED) is 0.796. The van der Waals surface area contributed by atoms with E-state index in [9.17, 15) is 9.59 Å². The third-order valence-electron chi connectivity index (χ3n) is 3.69. The van der Waals surface area contributed by atoms with Gasteiger partial charge in [0.1, 0.15) is 22.5 Å². The molecule has 9 heteroatoms. The number of ether oxygens (including phenoxy) is 2. The van der Waals surface area contributed by atoms with E-state index in [1.807, 2.05) is 11.0 Å². The van der Waals surface area contributed by atoms with Crippen molar-refractivity contribution in [1.82, 2.24) is 4.98 Å². The molecule has 1 aliphatic heterocycles. The molecule has 3 heterocycles. The first-order chi connectivity index (χ1) is 12.7. The number of nitrogens with one attached hydrogen (secondary N) is 1. The summed E-state index contributed by atoms with van der Waals surface area (Å²) in [4.78, 5) is 30.6. The molecule has 2 aromatic rings. The average molecular weight is 372 g/mol. The molecule has 1 amide bonds. The van der Waals surface area contributed by atoms with Crippen molar-refractivity contribution < 1.29 is 19.1 Å². The Morgan fingerprint density at radius 1 is 1.38 bits per heavy atom. The van der Waals surface area contributed by atoms with Gasteiger partial charge in [0.25, 0.3) is 5.91 Å². The topological polar surface area (TPSA) is 105 Å². The minimum Gasteiger partial charge on any atom is -0.452 e. The molecule has 0 saturated carbocycles. The summed E-state index contributed by atoms with van der Waals surface area (Å²) in [7, 11) is 0. The van der Waals surface area contributed by atoms with Crippen LogP contribution in [0.4, 0.5) is 10.8 Å². The maximum absolute atomic E-state index is 12.4. The number of amides is 1. The summed E-state index contributed by atoms with van der Waals surface area (Å²) >= 11 is 1.23. The van der Waals surface area contributed by atoms with Crippen molar-refractivity contribution in [2.75, 3.05) is 43.1 Å². The van der Waals surface area contributed by atoms with Crippen LogP contribution in [0.2, 0.25) is 0 Å². The molecule has 26 heavy (non-hydrogen) atoms. The Morgan fingerprint density at radius 2 is 2.19 bits per heavy atom. The fourth-order valence-corrected chi connectivity index (χ4v) is 3.20. The summed E-state index contributed by atoms with van der Waals surface area (Å²) < 4.78 is 10.4. The van der Waals surface area contributed by atoms with E-state index in [2.05, 4.69) is 10.3 Å². The second kappa shape index (κ2) is 8.42. The Bertz CT molecular complexity index is 839. The second-order valence-electron chi connectivity index (χ2n) is 5.37. The maximum atomic E-state index is 12.4. The summed E-state index contributed by atoms with van der Waals surface area (Å²) in [6.45, 7) is 1.95. The molecular weight excluding hydrogens is 356 g/mol. The van der Waals surface area contributed by atoms with Gasteiger partial charge in [0.2, 0.25) is 0 Å². The van der Waals surface area contributed by atoms with Crippen molar-refractivity contribution in [1.29, 1.82) is 5.26 Å². The number of hydrogen-bond donors (Lipinski definition) is 1. The molecule has 0 atom stereocenters. The summed E-state index contributed by atoms with van der Waals surface area (Å²) in [6.07, 6.45) is 1.61. The third kappa shape index (κ3) is 4.17. The molecule has 0 unspecified atom stereocenters. The van der Waals surface area contributed by atoms with Gasteiger partial charge in [-0.25, -0.2) is 9.78 Å². The monoisotopic (exact) mass is 372 g/mol. The van der Waals surface area contributed by atoms with Crippen LogP contribution in [0.1, 0.15) is 15.9 Å². The molecule has 0 aromatic carbocycles. The van der Waals surface area contributed by atoms with Crippen LogP contribution in [0.5, 0.6) is 0 Å². The second-order valence-corrected chi connectivity index (χ2v) is 6.29. The highest BCUT2D eigenvalue weighted by Crippen LogP contribution is 2.22. The van der Waals surface area contributed by atoms with Crippen molar-refractivity contribution in [3.63, 3.8) is 0 Å². The number of aromatic nitrogens is 1. The van der Waals surface area contributed by atoms with E-state index in [1.165, 1.54) is 11.3 Å². The van der Waals surface area contributed by atoms with Gasteiger partial charge in [0, 0.05) is 19.3 Å². The Balaban J connectivity index is 1.62. The first-order valence-corrected chi connectivity index (χ1v) is 8.79. The number of rotatable bonds is 5. The Hall–Kier alpha value is -2.96. The lowest BCUT2D eigenvalue weighted by atomic mass is 10.2. The van der Waals surface area contributed by atoms with E-state index >= 15 is 0 Å². The molecule has 0 spiro atoms. The lowest BCUT2D eigenvalue weighted by Gasteiger charge is -2.28. The number of hydrogen-bond acceptors (Lipinski definition) is 8. The highest BCUT2D eigenvalue weighted by atomic mass is 32.1. The number of carbonyl (C=O) groups excluding carboxylic acids is 2. The molecule has 2 aromatic heterocycles. The lowest BCUT2D eigenvalue weighted by Crippen LogP contribution is -2.37. The number of carbonyl (C=O) groups is 2. The number of nitrogens with zero attached hydrogens (tertiary/aromatic N) is 3. The summed E-state index contributed by atoms with van der Waals surface area (Å²) in [5.41, 5.74) is 0.674. The largest absolute Gasteiger partial charge is 0.452 e. The van der Waals surface area contributed by atoms with Gasteiger partial charge in [-0.05, 0) is 23.6 Å². The smallest absolute Gasteiger partial charge is 0.342 e. The Labute approximate surface area is 154 Å². The van der Waals surface area contributed by atoms with Crippen molar-refractivity contribution >= 4 is 34.0 Å². The molecule has 1 fully saturated rings. The Morgan fingerprint density at radius 3 is 2.96 bits per heavy atom. The normalized spacial score (nSPS) is 13.7.